The minimum Gasteiger partial charge on any atom is -0.463 e. The summed E-state index contributed by atoms with van der Waals surface area (Å²) in [7, 11) is 0. The van der Waals surface area contributed by atoms with E-state index in [2.05, 4.69) is 15.5 Å². The molecule has 4 heterocycles. The maximum atomic E-state index is 13.5. The number of fused-ring (bicyclic) bond motifs is 1. The number of pyridine rings is 1. The van der Waals surface area contributed by atoms with Gasteiger partial charge in [0.25, 0.3) is 5.91 Å². The molecule has 1 aliphatic rings. The lowest BCUT2D eigenvalue weighted by molar-refractivity contribution is -0.121. The predicted molar refractivity (Wildman–Crippen MR) is 118 cm³/mol. The lowest BCUT2D eigenvalue weighted by atomic mass is 9.95. The Morgan fingerprint density at radius 2 is 1.91 bits per heavy atom. The van der Waals surface area contributed by atoms with Crippen LogP contribution in [0.1, 0.15) is 29.0 Å². The van der Waals surface area contributed by atoms with Crippen LogP contribution < -0.4 is 5.32 Å². The Balaban J connectivity index is 1.33. The molecule has 1 aliphatic heterocycles. The van der Waals surface area contributed by atoms with Gasteiger partial charge in [-0.1, -0.05) is 23.4 Å². The molecular formula is C24H22N4O4. The molecule has 3 aromatic heterocycles. The van der Waals surface area contributed by atoms with E-state index in [4.69, 9.17) is 8.94 Å². The topological polar surface area (TPSA) is 101 Å². The van der Waals surface area contributed by atoms with Gasteiger partial charge in [0.1, 0.15) is 11.5 Å². The van der Waals surface area contributed by atoms with Crippen LogP contribution in [0.25, 0.3) is 22.4 Å². The Bertz CT molecular complexity index is 1270. The van der Waals surface area contributed by atoms with Crippen molar-refractivity contribution in [2.24, 2.45) is 5.92 Å². The van der Waals surface area contributed by atoms with Crippen LogP contribution in [-0.4, -0.2) is 39.9 Å². The van der Waals surface area contributed by atoms with Gasteiger partial charge in [-0.05, 0) is 44.0 Å². The van der Waals surface area contributed by atoms with Crippen LogP contribution in [0.4, 0.5) is 5.82 Å². The number of aryl methyl sites for hydroxylation is 1. The summed E-state index contributed by atoms with van der Waals surface area (Å²) in [5, 5.41) is 7.40. The number of carbonyl (C=O) groups excluding carboxylic acids is 2. The smallest absolute Gasteiger partial charge is 0.254 e. The molecule has 8 heteroatoms. The number of aromatic nitrogens is 2. The Morgan fingerprint density at radius 3 is 2.62 bits per heavy atom. The van der Waals surface area contributed by atoms with E-state index in [1.807, 2.05) is 30.3 Å². The van der Waals surface area contributed by atoms with Gasteiger partial charge >= 0.3 is 0 Å². The first kappa shape index (κ1) is 20.0. The minimum absolute atomic E-state index is 0.0672. The summed E-state index contributed by atoms with van der Waals surface area (Å²) in [5.74, 6) is 1.33. The van der Waals surface area contributed by atoms with Crippen molar-refractivity contribution >= 4 is 28.5 Å². The van der Waals surface area contributed by atoms with Crippen LogP contribution in [0.2, 0.25) is 0 Å². The average Bonchev–Trinajstić information content (AvgIpc) is 3.50. The maximum absolute atomic E-state index is 13.5. The second-order valence-electron chi connectivity index (χ2n) is 7.93. The highest BCUT2D eigenvalue weighted by Gasteiger charge is 2.29. The summed E-state index contributed by atoms with van der Waals surface area (Å²) in [5.41, 5.74) is 1.94. The molecular weight excluding hydrogens is 408 g/mol. The summed E-state index contributed by atoms with van der Waals surface area (Å²) in [6.07, 6.45) is 2.76. The number of benzene rings is 1. The lowest BCUT2D eigenvalue weighted by Crippen LogP contribution is -2.41. The second-order valence-corrected chi connectivity index (χ2v) is 7.93. The number of hydrogen-bond acceptors (Lipinski definition) is 6. The zero-order valence-corrected chi connectivity index (χ0v) is 17.6. The normalized spacial score (nSPS) is 14.6. The molecule has 0 atom stereocenters. The van der Waals surface area contributed by atoms with Gasteiger partial charge in [0, 0.05) is 30.5 Å². The molecule has 1 N–H and O–H groups in total. The Hall–Kier alpha value is -3.94. The summed E-state index contributed by atoms with van der Waals surface area (Å²) < 4.78 is 10.5. The quantitative estimate of drug-likeness (QED) is 0.518. The highest BCUT2D eigenvalue weighted by Crippen LogP contribution is 2.28. The van der Waals surface area contributed by atoms with Gasteiger partial charge in [-0.2, -0.15) is 0 Å². The van der Waals surface area contributed by atoms with Crippen molar-refractivity contribution < 1.29 is 18.5 Å². The van der Waals surface area contributed by atoms with E-state index in [9.17, 15) is 9.59 Å². The number of amides is 2. The third kappa shape index (κ3) is 3.87. The highest BCUT2D eigenvalue weighted by molar-refractivity contribution is 6.07. The highest BCUT2D eigenvalue weighted by atomic mass is 16.5. The van der Waals surface area contributed by atoms with Crippen molar-refractivity contribution in [3.8, 4) is 11.5 Å². The van der Waals surface area contributed by atoms with E-state index in [-0.39, 0.29) is 17.7 Å². The van der Waals surface area contributed by atoms with Crippen molar-refractivity contribution in [1.82, 2.24) is 15.0 Å². The van der Waals surface area contributed by atoms with Crippen molar-refractivity contribution in [2.75, 3.05) is 18.4 Å². The summed E-state index contributed by atoms with van der Waals surface area (Å²) in [6, 6.07) is 14.7. The van der Waals surface area contributed by atoms with E-state index in [1.54, 1.807) is 36.3 Å². The molecule has 4 aromatic rings. The molecule has 0 unspecified atom stereocenters. The van der Waals surface area contributed by atoms with Gasteiger partial charge in [0.05, 0.1) is 17.3 Å². The van der Waals surface area contributed by atoms with E-state index in [0.29, 0.717) is 54.5 Å². The number of para-hydroxylation sites is 1. The predicted octanol–water partition coefficient (Wildman–Crippen LogP) is 4.28. The fraction of sp³-hybridized carbons (Fsp3) is 0.250. The molecule has 0 aliphatic carbocycles. The first-order valence-corrected chi connectivity index (χ1v) is 10.6. The Morgan fingerprint density at radius 1 is 1.09 bits per heavy atom. The van der Waals surface area contributed by atoms with Crippen LogP contribution in [0.15, 0.2) is 63.7 Å². The van der Waals surface area contributed by atoms with Gasteiger partial charge in [-0.15, -0.1) is 0 Å². The molecule has 0 radical (unpaired) electrons. The van der Waals surface area contributed by atoms with Crippen LogP contribution >= 0.6 is 0 Å². The number of nitrogens with zero attached hydrogens (tertiary/aromatic N) is 3. The zero-order chi connectivity index (χ0) is 22.1. The van der Waals surface area contributed by atoms with Crippen LogP contribution in [0.5, 0.6) is 0 Å². The maximum Gasteiger partial charge on any atom is 0.254 e. The lowest BCUT2D eigenvalue weighted by Gasteiger charge is -2.31. The molecule has 1 fully saturated rings. The first-order valence-electron chi connectivity index (χ1n) is 10.6. The van der Waals surface area contributed by atoms with Gasteiger partial charge in [0.15, 0.2) is 11.6 Å². The molecule has 8 nitrogen and oxygen atoms in total. The monoisotopic (exact) mass is 430 g/mol. The number of carbonyl (C=O) groups is 2. The number of nitrogens with one attached hydrogen (secondary N) is 1. The number of furan rings is 1. The molecule has 0 bridgehead atoms. The van der Waals surface area contributed by atoms with Crippen LogP contribution in [0, 0.1) is 12.8 Å². The van der Waals surface area contributed by atoms with E-state index in [1.165, 1.54) is 0 Å². The summed E-state index contributed by atoms with van der Waals surface area (Å²) in [4.78, 5) is 32.5. The number of likely N-dealkylation sites (tertiary alicyclic amines) is 1. The molecule has 5 rings (SSSR count). The SMILES string of the molecule is Cc1cc(NC(=O)C2CCN(C(=O)c3cc(-c4ccco4)nc4ccccc34)CC2)no1. The molecule has 0 spiro atoms. The van der Waals surface area contributed by atoms with Crippen molar-refractivity contribution in [1.29, 1.82) is 0 Å². The van der Waals surface area contributed by atoms with E-state index >= 15 is 0 Å². The first-order chi connectivity index (χ1) is 15.6. The minimum atomic E-state index is -0.177. The molecule has 2 amide bonds. The fourth-order valence-corrected chi connectivity index (χ4v) is 4.07. The molecule has 0 saturated carbocycles. The number of rotatable bonds is 4. The Kier molecular flexibility index (Phi) is 5.18. The average molecular weight is 430 g/mol. The largest absolute Gasteiger partial charge is 0.463 e. The molecule has 1 aromatic carbocycles. The third-order valence-electron chi connectivity index (χ3n) is 5.75. The summed E-state index contributed by atoms with van der Waals surface area (Å²) in [6.45, 7) is 2.77. The summed E-state index contributed by atoms with van der Waals surface area (Å²) >= 11 is 0. The zero-order valence-electron chi connectivity index (χ0n) is 17.6. The van der Waals surface area contributed by atoms with E-state index < -0.39 is 0 Å². The number of piperidine rings is 1. The third-order valence-corrected chi connectivity index (χ3v) is 5.75. The molecule has 1 saturated heterocycles. The van der Waals surface area contributed by atoms with Crippen molar-refractivity contribution in [3.05, 3.63) is 66.1 Å². The second kappa shape index (κ2) is 8.30. The molecule has 32 heavy (non-hydrogen) atoms. The van der Waals surface area contributed by atoms with Gasteiger partial charge in [0.2, 0.25) is 5.91 Å². The number of hydrogen-bond donors (Lipinski definition) is 1. The Labute approximate surface area is 184 Å². The standard InChI is InChI=1S/C24H22N4O4/c1-15-13-22(27-32-15)26-23(29)16-8-10-28(11-9-16)24(30)18-14-20(21-7-4-12-31-21)25-19-6-3-2-5-17(18)19/h2-7,12-14,16H,8-11H2,1H3,(H,26,27,29). The fourth-order valence-electron chi connectivity index (χ4n) is 4.07. The van der Waals surface area contributed by atoms with Gasteiger partial charge in [-0.25, -0.2) is 4.98 Å². The number of anilines is 1. The van der Waals surface area contributed by atoms with Crippen LogP contribution in [0.3, 0.4) is 0 Å². The van der Waals surface area contributed by atoms with E-state index in [0.717, 1.165) is 10.9 Å². The van der Waals surface area contributed by atoms with Crippen molar-refractivity contribution in [3.63, 3.8) is 0 Å². The van der Waals surface area contributed by atoms with Crippen LogP contribution in [-0.2, 0) is 4.79 Å². The van der Waals surface area contributed by atoms with Gasteiger partial charge in [-0.3, -0.25) is 9.59 Å². The molecule has 162 valence electrons. The van der Waals surface area contributed by atoms with Crippen molar-refractivity contribution in [2.45, 2.75) is 19.8 Å². The van der Waals surface area contributed by atoms with Gasteiger partial charge < -0.3 is 19.2 Å².